The summed E-state index contributed by atoms with van der Waals surface area (Å²) in [7, 11) is 0. The topological polar surface area (TPSA) is 86.6 Å². The van der Waals surface area contributed by atoms with Gasteiger partial charge in [-0.2, -0.15) is 0 Å². The number of aliphatic hydroxyl groups is 1. The van der Waals surface area contributed by atoms with Gasteiger partial charge in [-0.15, -0.1) is 0 Å². The Morgan fingerprint density at radius 3 is 2.39 bits per heavy atom. The van der Waals surface area contributed by atoms with Crippen molar-refractivity contribution >= 4 is 35.1 Å². The first-order chi connectivity index (χ1) is 8.32. The van der Waals surface area contributed by atoms with E-state index in [1.807, 2.05) is 0 Å². The molecule has 0 aromatic heterocycles. The van der Waals surface area contributed by atoms with E-state index < -0.39 is 24.0 Å². The predicted molar refractivity (Wildman–Crippen MR) is 67.0 cm³/mol. The average molecular weight is 292 g/mol. The highest BCUT2D eigenvalue weighted by Crippen LogP contribution is 2.21. The Bertz CT molecular complexity index is 476. The van der Waals surface area contributed by atoms with Crippen molar-refractivity contribution in [3.63, 3.8) is 0 Å². The lowest BCUT2D eigenvalue weighted by atomic mass is 10.1. The van der Waals surface area contributed by atoms with E-state index >= 15 is 0 Å². The number of aliphatic hydroxyl groups excluding tert-OH is 1. The lowest BCUT2D eigenvalue weighted by Crippen LogP contribution is -2.47. The molecule has 0 aliphatic carbocycles. The van der Waals surface area contributed by atoms with Crippen LogP contribution < -0.4 is 5.32 Å². The normalized spacial score (nSPS) is 13.8. The van der Waals surface area contributed by atoms with Crippen LogP contribution in [0.3, 0.4) is 0 Å². The molecule has 1 aromatic carbocycles. The maximum absolute atomic E-state index is 11.8. The summed E-state index contributed by atoms with van der Waals surface area (Å²) < 4.78 is 0. The third-order valence-corrected chi connectivity index (χ3v) is 2.76. The van der Waals surface area contributed by atoms with Gasteiger partial charge in [0, 0.05) is 5.02 Å². The highest BCUT2D eigenvalue weighted by Gasteiger charge is 2.26. The van der Waals surface area contributed by atoms with Crippen molar-refractivity contribution in [1.29, 1.82) is 0 Å². The molecule has 2 atom stereocenters. The standard InChI is InChI=1S/C11H11Cl2NO4/c1-5(15)9(11(17)18)14-10(16)7-3-2-6(12)4-8(7)13/h2-5,9,15H,1H3,(H,14,16)(H,17,18)/t5-,9+/m1/s1. The number of halogens is 2. The molecule has 1 aromatic rings. The molecule has 1 amide bonds. The van der Waals surface area contributed by atoms with Crippen LogP contribution in [0, 0.1) is 0 Å². The number of hydrogen-bond donors (Lipinski definition) is 3. The minimum atomic E-state index is -1.40. The zero-order valence-electron chi connectivity index (χ0n) is 9.35. The van der Waals surface area contributed by atoms with Crippen LogP contribution in [0.1, 0.15) is 17.3 Å². The molecule has 0 unspecified atom stereocenters. The minimum absolute atomic E-state index is 0.0907. The van der Waals surface area contributed by atoms with Crippen molar-refractivity contribution in [3.8, 4) is 0 Å². The molecule has 0 aliphatic heterocycles. The predicted octanol–water partition coefficient (Wildman–Crippen LogP) is 1.56. The van der Waals surface area contributed by atoms with E-state index in [1.54, 1.807) is 0 Å². The van der Waals surface area contributed by atoms with Crippen molar-refractivity contribution in [1.82, 2.24) is 5.32 Å². The van der Waals surface area contributed by atoms with Gasteiger partial charge in [0.25, 0.3) is 5.91 Å². The fourth-order valence-corrected chi connectivity index (χ4v) is 1.78. The Morgan fingerprint density at radius 2 is 1.94 bits per heavy atom. The fourth-order valence-electron chi connectivity index (χ4n) is 1.28. The number of carboxylic acid groups (broad SMARTS) is 1. The number of aliphatic carboxylic acids is 1. The molecular formula is C11H11Cl2NO4. The molecule has 0 saturated carbocycles. The third kappa shape index (κ3) is 3.60. The number of carbonyl (C=O) groups excluding carboxylic acids is 1. The number of nitrogens with one attached hydrogen (secondary N) is 1. The SMILES string of the molecule is C[C@@H](O)[C@H](NC(=O)c1ccc(Cl)cc1Cl)C(=O)O. The number of hydrogen-bond acceptors (Lipinski definition) is 3. The van der Waals surface area contributed by atoms with Crippen LogP contribution in [0.15, 0.2) is 18.2 Å². The first kappa shape index (κ1) is 14.8. The molecule has 0 saturated heterocycles. The van der Waals surface area contributed by atoms with Gasteiger partial charge in [0.2, 0.25) is 0 Å². The monoisotopic (exact) mass is 291 g/mol. The number of amides is 1. The zero-order chi connectivity index (χ0) is 13.9. The van der Waals surface area contributed by atoms with Crippen LogP contribution in [0.4, 0.5) is 0 Å². The first-order valence-electron chi connectivity index (χ1n) is 4.99. The maximum Gasteiger partial charge on any atom is 0.328 e. The summed E-state index contributed by atoms with van der Waals surface area (Å²) in [4.78, 5) is 22.6. The number of rotatable bonds is 4. The van der Waals surface area contributed by atoms with E-state index in [9.17, 15) is 14.7 Å². The van der Waals surface area contributed by atoms with E-state index in [1.165, 1.54) is 25.1 Å². The van der Waals surface area contributed by atoms with Crippen molar-refractivity contribution in [3.05, 3.63) is 33.8 Å². The van der Waals surface area contributed by atoms with Gasteiger partial charge >= 0.3 is 5.97 Å². The smallest absolute Gasteiger partial charge is 0.328 e. The van der Waals surface area contributed by atoms with E-state index in [-0.39, 0.29) is 10.6 Å². The second kappa shape index (κ2) is 6.04. The van der Waals surface area contributed by atoms with Gasteiger partial charge in [0.15, 0.2) is 6.04 Å². The molecule has 0 heterocycles. The largest absolute Gasteiger partial charge is 0.480 e. The van der Waals surface area contributed by atoms with E-state index in [0.717, 1.165) is 0 Å². The van der Waals surface area contributed by atoms with E-state index in [4.69, 9.17) is 28.3 Å². The number of carbonyl (C=O) groups is 2. The summed E-state index contributed by atoms with van der Waals surface area (Å²) in [5.41, 5.74) is 0.0907. The second-order valence-electron chi connectivity index (χ2n) is 3.65. The molecule has 0 bridgehead atoms. The Morgan fingerprint density at radius 1 is 1.33 bits per heavy atom. The van der Waals surface area contributed by atoms with Crippen molar-refractivity contribution < 1.29 is 19.8 Å². The summed E-state index contributed by atoms with van der Waals surface area (Å²) in [5, 5.41) is 20.7. The second-order valence-corrected chi connectivity index (χ2v) is 4.50. The maximum atomic E-state index is 11.8. The summed E-state index contributed by atoms with van der Waals surface area (Å²) in [6.07, 6.45) is -1.22. The Kier molecular flexibility index (Phi) is 4.95. The highest BCUT2D eigenvalue weighted by molar-refractivity contribution is 6.36. The molecule has 0 aliphatic rings. The molecule has 0 spiro atoms. The van der Waals surface area contributed by atoms with Crippen molar-refractivity contribution in [2.45, 2.75) is 19.1 Å². The summed E-state index contributed by atoms with van der Waals surface area (Å²) in [6.45, 7) is 1.27. The van der Waals surface area contributed by atoms with Crippen LogP contribution >= 0.6 is 23.2 Å². The van der Waals surface area contributed by atoms with Crippen LogP contribution in [-0.4, -0.2) is 34.2 Å². The number of benzene rings is 1. The quantitative estimate of drug-likeness (QED) is 0.786. The molecule has 0 fully saturated rings. The van der Waals surface area contributed by atoms with Gasteiger partial charge in [-0.25, -0.2) is 4.79 Å². The van der Waals surface area contributed by atoms with Crippen LogP contribution in [0.25, 0.3) is 0 Å². The number of carboxylic acids is 1. The van der Waals surface area contributed by atoms with Gasteiger partial charge in [0.05, 0.1) is 16.7 Å². The lowest BCUT2D eigenvalue weighted by Gasteiger charge is -2.17. The van der Waals surface area contributed by atoms with Gasteiger partial charge in [-0.05, 0) is 25.1 Å². The molecular weight excluding hydrogens is 281 g/mol. The summed E-state index contributed by atoms with van der Waals surface area (Å²) in [6, 6.07) is 2.81. The minimum Gasteiger partial charge on any atom is -0.480 e. The highest BCUT2D eigenvalue weighted by atomic mass is 35.5. The van der Waals surface area contributed by atoms with Crippen LogP contribution in [-0.2, 0) is 4.79 Å². The Hall–Kier alpha value is -1.30. The van der Waals surface area contributed by atoms with Crippen molar-refractivity contribution in [2.24, 2.45) is 0 Å². The molecule has 7 heteroatoms. The summed E-state index contributed by atoms with van der Waals surface area (Å²) >= 11 is 11.5. The molecule has 5 nitrogen and oxygen atoms in total. The Balaban J connectivity index is 2.91. The van der Waals surface area contributed by atoms with Crippen LogP contribution in [0.2, 0.25) is 10.0 Å². The molecule has 3 N–H and O–H groups in total. The third-order valence-electron chi connectivity index (χ3n) is 2.21. The Labute approximate surface area is 113 Å². The fraction of sp³-hybridized carbons (Fsp3) is 0.273. The molecule has 18 heavy (non-hydrogen) atoms. The van der Waals surface area contributed by atoms with Crippen LogP contribution in [0.5, 0.6) is 0 Å². The average Bonchev–Trinajstić information content (AvgIpc) is 2.24. The molecule has 98 valence electrons. The molecule has 0 radical (unpaired) electrons. The first-order valence-corrected chi connectivity index (χ1v) is 5.75. The van der Waals surface area contributed by atoms with Gasteiger partial charge < -0.3 is 15.5 Å². The summed E-state index contributed by atoms with van der Waals surface area (Å²) in [5.74, 6) is -2.02. The van der Waals surface area contributed by atoms with E-state index in [2.05, 4.69) is 5.32 Å². The molecule has 1 rings (SSSR count). The van der Waals surface area contributed by atoms with Gasteiger partial charge in [0.1, 0.15) is 0 Å². The van der Waals surface area contributed by atoms with Gasteiger partial charge in [-0.3, -0.25) is 4.79 Å². The van der Waals surface area contributed by atoms with Gasteiger partial charge in [-0.1, -0.05) is 23.2 Å². The van der Waals surface area contributed by atoms with E-state index in [0.29, 0.717) is 5.02 Å². The zero-order valence-corrected chi connectivity index (χ0v) is 10.9. The lowest BCUT2D eigenvalue weighted by molar-refractivity contribution is -0.141. The van der Waals surface area contributed by atoms with Crippen molar-refractivity contribution in [2.75, 3.05) is 0 Å².